The van der Waals surface area contributed by atoms with E-state index in [4.69, 9.17) is 0 Å². The Morgan fingerprint density at radius 3 is 2.84 bits per heavy atom. The normalized spacial score (nSPS) is 19.2. The second kappa shape index (κ2) is 6.47. The maximum absolute atomic E-state index is 11.8. The predicted molar refractivity (Wildman–Crippen MR) is 75.6 cm³/mol. The van der Waals surface area contributed by atoms with E-state index in [1.165, 1.54) is 0 Å². The van der Waals surface area contributed by atoms with Gasteiger partial charge in [-0.15, -0.1) is 0 Å². The van der Waals surface area contributed by atoms with Crippen LogP contribution in [0.25, 0.3) is 0 Å². The molecule has 1 aliphatic heterocycles. The molecule has 0 aromatic heterocycles. The minimum Gasteiger partial charge on any atom is -0.355 e. The van der Waals surface area contributed by atoms with Crippen LogP contribution in [-0.4, -0.2) is 24.6 Å². The van der Waals surface area contributed by atoms with E-state index >= 15 is 0 Å². The molecular formula is C13H14BrN3O2. The van der Waals surface area contributed by atoms with E-state index in [1.54, 1.807) is 6.21 Å². The van der Waals surface area contributed by atoms with Crippen LogP contribution in [0.3, 0.4) is 0 Å². The summed E-state index contributed by atoms with van der Waals surface area (Å²) in [5.74, 6) is -1.20. The lowest BCUT2D eigenvalue weighted by molar-refractivity contribution is -0.136. The van der Waals surface area contributed by atoms with Crippen molar-refractivity contribution in [2.24, 2.45) is 11.0 Å². The molecule has 1 aliphatic rings. The van der Waals surface area contributed by atoms with Crippen LogP contribution in [0.4, 0.5) is 0 Å². The van der Waals surface area contributed by atoms with E-state index in [1.807, 2.05) is 24.3 Å². The highest BCUT2D eigenvalue weighted by Gasteiger charge is 2.28. The highest BCUT2D eigenvalue weighted by Crippen LogP contribution is 2.11. The molecule has 2 N–H and O–H groups in total. The Hall–Kier alpha value is -1.69. The van der Waals surface area contributed by atoms with Gasteiger partial charge in [0.15, 0.2) is 0 Å². The SMILES string of the molecule is O=C1NCCCC1C(=O)NN=Cc1ccc(Br)cc1. The lowest BCUT2D eigenvalue weighted by atomic mass is 9.98. The van der Waals surface area contributed by atoms with Crippen LogP contribution in [0.1, 0.15) is 18.4 Å². The Morgan fingerprint density at radius 2 is 2.16 bits per heavy atom. The van der Waals surface area contributed by atoms with Gasteiger partial charge in [0.2, 0.25) is 5.91 Å². The number of hydrogen-bond acceptors (Lipinski definition) is 3. The fourth-order valence-corrected chi connectivity index (χ4v) is 2.08. The summed E-state index contributed by atoms with van der Waals surface area (Å²) in [6.07, 6.45) is 2.94. The van der Waals surface area contributed by atoms with E-state index in [2.05, 4.69) is 31.8 Å². The predicted octanol–water partition coefficient (Wildman–Crippen LogP) is 1.43. The summed E-state index contributed by atoms with van der Waals surface area (Å²) in [6, 6.07) is 7.51. The van der Waals surface area contributed by atoms with E-state index in [-0.39, 0.29) is 11.8 Å². The fourth-order valence-electron chi connectivity index (χ4n) is 1.82. The summed E-state index contributed by atoms with van der Waals surface area (Å²) >= 11 is 3.34. The zero-order valence-corrected chi connectivity index (χ0v) is 11.8. The van der Waals surface area contributed by atoms with Crippen molar-refractivity contribution in [1.29, 1.82) is 0 Å². The molecule has 0 radical (unpaired) electrons. The molecule has 1 aromatic rings. The van der Waals surface area contributed by atoms with Gasteiger partial charge in [0.25, 0.3) is 5.91 Å². The number of nitrogens with zero attached hydrogens (tertiary/aromatic N) is 1. The maximum atomic E-state index is 11.8. The number of halogens is 1. The molecule has 2 rings (SSSR count). The molecule has 1 fully saturated rings. The van der Waals surface area contributed by atoms with E-state index < -0.39 is 5.92 Å². The monoisotopic (exact) mass is 323 g/mol. The first-order valence-corrected chi connectivity index (χ1v) is 6.82. The van der Waals surface area contributed by atoms with Crippen LogP contribution in [0, 0.1) is 5.92 Å². The highest BCUT2D eigenvalue weighted by molar-refractivity contribution is 9.10. The first-order chi connectivity index (χ1) is 9.16. The minimum absolute atomic E-state index is 0.220. The van der Waals surface area contributed by atoms with Crippen LogP contribution in [-0.2, 0) is 9.59 Å². The Morgan fingerprint density at radius 1 is 1.42 bits per heavy atom. The number of carbonyl (C=O) groups is 2. The number of benzene rings is 1. The van der Waals surface area contributed by atoms with Gasteiger partial charge in [-0.25, -0.2) is 5.43 Å². The molecule has 1 aromatic carbocycles. The van der Waals surface area contributed by atoms with E-state index in [0.29, 0.717) is 13.0 Å². The summed E-state index contributed by atoms with van der Waals surface area (Å²) in [5.41, 5.74) is 3.28. The number of piperidine rings is 1. The quantitative estimate of drug-likeness (QED) is 0.502. The molecule has 6 heteroatoms. The van der Waals surface area contributed by atoms with Crippen molar-refractivity contribution in [2.45, 2.75) is 12.8 Å². The van der Waals surface area contributed by atoms with Gasteiger partial charge in [-0.05, 0) is 30.5 Å². The van der Waals surface area contributed by atoms with Gasteiger partial charge in [0.05, 0.1) is 6.21 Å². The summed E-state index contributed by atoms with van der Waals surface area (Å²) < 4.78 is 0.979. The fraction of sp³-hybridized carbons (Fsp3) is 0.308. The van der Waals surface area contributed by atoms with Crippen LogP contribution >= 0.6 is 15.9 Å². The van der Waals surface area contributed by atoms with Crippen LogP contribution in [0.5, 0.6) is 0 Å². The van der Waals surface area contributed by atoms with Crippen molar-refractivity contribution >= 4 is 34.0 Å². The number of carbonyl (C=O) groups excluding carboxylic acids is 2. The Labute approximate surface area is 119 Å². The molecule has 0 saturated carbocycles. The third-order valence-corrected chi connectivity index (χ3v) is 3.39. The largest absolute Gasteiger partial charge is 0.355 e. The zero-order chi connectivity index (χ0) is 13.7. The van der Waals surface area contributed by atoms with Gasteiger partial charge >= 0.3 is 0 Å². The Bertz CT molecular complexity index is 499. The number of amides is 2. The highest BCUT2D eigenvalue weighted by atomic mass is 79.9. The van der Waals surface area contributed by atoms with Gasteiger partial charge in [-0.1, -0.05) is 28.1 Å². The summed E-state index contributed by atoms with van der Waals surface area (Å²) in [6.45, 7) is 0.644. The van der Waals surface area contributed by atoms with Crippen LogP contribution < -0.4 is 10.7 Å². The first-order valence-electron chi connectivity index (χ1n) is 6.03. The van der Waals surface area contributed by atoms with Crippen molar-refractivity contribution in [2.75, 3.05) is 6.54 Å². The molecule has 1 unspecified atom stereocenters. The molecule has 0 bridgehead atoms. The third-order valence-electron chi connectivity index (χ3n) is 2.86. The van der Waals surface area contributed by atoms with Crippen molar-refractivity contribution in [3.8, 4) is 0 Å². The topological polar surface area (TPSA) is 70.6 Å². The molecule has 1 saturated heterocycles. The average Bonchev–Trinajstić information content (AvgIpc) is 2.41. The first kappa shape index (κ1) is 13.7. The van der Waals surface area contributed by atoms with Gasteiger partial charge in [0, 0.05) is 11.0 Å². The van der Waals surface area contributed by atoms with Crippen LogP contribution in [0.2, 0.25) is 0 Å². The van der Waals surface area contributed by atoms with Crippen molar-refractivity contribution in [3.63, 3.8) is 0 Å². The third kappa shape index (κ3) is 3.89. The molecule has 100 valence electrons. The van der Waals surface area contributed by atoms with Gasteiger partial charge < -0.3 is 5.32 Å². The van der Waals surface area contributed by atoms with Crippen molar-refractivity contribution in [3.05, 3.63) is 34.3 Å². The minimum atomic E-state index is -0.629. The Kier molecular flexibility index (Phi) is 4.68. The molecule has 0 spiro atoms. The standard InChI is InChI=1S/C13H14BrN3O2/c14-10-5-3-9(4-6-10)8-16-17-13(19)11-2-1-7-15-12(11)18/h3-6,8,11H,1-2,7H2,(H,15,18)(H,17,19). The average molecular weight is 324 g/mol. The molecule has 5 nitrogen and oxygen atoms in total. The summed E-state index contributed by atoms with van der Waals surface area (Å²) in [5, 5.41) is 6.53. The lowest BCUT2D eigenvalue weighted by Crippen LogP contribution is -2.43. The molecule has 1 heterocycles. The van der Waals surface area contributed by atoms with Gasteiger partial charge in [-0.3, -0.25) is 9.59 Å². The molecular weight excluding hydrogens is 310 g/mol. The van der Waals surface area contributed by atoms with Crippen LogP contribution in [0.15, 0.2) is 33.8 Å². The lowest BCUT2D eigenvalue weighted by Gasteiger charge is -2.19. The second-order valence-corrected chi connectivity index (χ2v) is 5.19. The maximum Gasteiger partial charge on any atom is 0.252 e. The van der Waals surface area contributed by atoms with Crippen molar-refractivity contribution in [1.82, 2.24) is 10.7 Å². The number of nitrogens with one attached hydrogen (secondary N) is 2. The summed E-state index contributed by atoms with van der Waals surface area (Å²) in [4.78, 5) is 23.2. The zero-order valence-electron chi connectivity index (χ0n) is 10.2. The molecule has 0 aliphatic carbocycles. The second-order valence-electron chi connectivity index (χ2n) is 4.27. The van der Waals surface area contributed by atoms with Crippen molar-refractivity contribution < 1.29 is 9.59 Å². The number of rotatable bonds is 3. The summed E-state index contributed by atoms with van der Waals surface area (Å²) in [7, 11) is 0. The molecule has 1 atom stereocenters. The smallest absolute Gasteiger partial charge is 0.252 e. The van der Waals surface area contributed by atoms with Gasteiger partial charge in [-0.2, -0.15) is 5.10 Å². The Balaban J connectivity index is 1.89. The van der Waals surface area contributed by atoms with Gasteiger partial charge in [0.1, 0.15) is 5.92 Å². The van der Waals surface area contributed by atoms with E-state index in [0.717, 1.165) is 16.5 Å². The molecule has 19 heavy (non-hydrogen) atoms. The molecule has 2 amide bonds. The number of hydrazone groups is 1. The van der Waals surface area contributed by atoms with E-state index in [9.17, 15) is 9.59 Å². The number of hydrogen-bond donors (Lipinski definition) is 2.